The number of aromatic nitrogens is 3. The van der Waals surface area contributed by atoms with Crippen LogP contribution < -0.4 is 5.32 Å². The molecule has 0 bridgehead atoms. The Hall–Kier alpha value is -2.78. The van der Waals surface area contributed by atoms with Crippen molar-refractivity contribution in [3.05, 3.63) is 47.8 Å². The molecule has 2 heterocycles. The Balaban J connectivity index is 1.42. The number of piperazine rings is 1. The molecule has 0 saturated carbocycles. The molecule has 1 fully saturated rings. The van der Waals surface area contributed by atoms with Crippen LogP contribution in [0.5, 0.6) is 0 Å². The number of carbonyl (C=O) groups excluding carboxylic acids is 2. The van der Waals surface area contributed by atoms with Crippen LogP contribution in [-0.4, -0.2) is 89.6 Å². The van der Waals surface area contributed by atoms with Gasteiger partial charge in [0, 0.05) is 46.4 Å². The van der Waals surface area contributed by atoms with Crippen LogP contribution in [0.4, 0.5) is 0 Å². The summed E-state index contributed by atoms with van der Waals surface area (Å²) >= 11 is 0. The first-order chi connectivity index (χ1) is 14.2. The number of ether oxygens (including phenoxy) is 1. The van der Waals surface area contributed by atoms with E-state index in [0.717, 1.165) is 12.0 Å². The monoisotopic (exact) mass is 400 g/mol. The van der Waals surface area contributed by atoms with Crippen molar-refractivity contribution in [3.8, 4) is 0 Å². The molecule has 9 heteroatoms. The summed E-state index contributed by atoms with van der Waals surface area (Å²) in [4.78, 5) is 28.5. The Morgan fingerprint density at radius 1 is 1.14 bits per heavy atom. The summed E-state index contributed by atoms with van der Waals surface area (Å²) < 4.78 is 6.64. The zero-order chi connectivity index (χ0) is 20.5. The van der Waals surface area contributed by atoms with Crippen LogP contribution in [0.3, 0.4) is 0 Å². The summed E-state index contributed by atoms with van der Waals surface area (Å²) in [6.07, 6.45) is 2.49. The third-order valence-electron chi connectivity index (χ3n) is 4.82. The van der Waals surface area contributed by atoms with Crippen molar-refractivity contribution in [2.75, 3.05) is 53.0 Å². The van der Waals surface area contributed by atoms with Gasteiger partial charge in [0.2, 0.25) is 5.91 Å². The Labute approximate surface area is 170 Å². The number of carbonyl (C=O) groups is 2. The van der Waals surface area contributed by atoms with Crippen LogP contribution in [0.15, 0.2) is 36.5 Å². The lowest BCUT2D eigenvalue weighted by atomic mass is 10.2. The lowest BCUT2D eigenvalue weighted by Gasteiger charge is -2.33. The van der Waals surface area contributed by atoms with E-state index in [1.165, 1.54) is 0 Å². The minimum atomic E-state index is -0.118. The molecule has 0 atom stereocenters. The SMILES string of the molecule is COCCCNC(=O)CN1CCN(C(=O)c2cn(Cc3ccccc3)nn2)CC1. The average molecular weight is 400 g/mol. The Morgan fingerprint density at radius 3 is 2.62 bits per heavy atom. The van der Waals surface area contributed by atoms with Crippen molar-refractivity contribution in [2.24, 2.45) is 0 Å². The Morgan fingerprint density at radius 2 is 1.90 bits per heavy atom. The fourth-order valence-corrected chi connectivity index (χ4v) is 3.22. The van der Waals surface area contributed by atoms with Gasteiger partial charge in [-0.2, -0.15) is 0 Å². The topological polar surface area (TPSA) is 92.6 Å². The van der Waals surface area contributed by atoms with Crippen LogP contribution in [0, 0.1) is 0 Å². The lowest BCUT2D eigenvalue weighted by Crippen LogP contribution is -2.51. The first kappa shape index (κ1) is 20.9. The van der Waals surface area contributed by atoms with Crippen molar-refractivity contribution in [2.45, 2.75) is 13.0 Å². The molecule has 156 valence electrons. The van der Waals surface area contributed by atoms with Crippen molar-refractivity contribution >= 4 is 11.8 Å². The number of nitrogens with one attached hydrogen (secondary N) is 1. The standard InChI is InChI=1S/C20H28N6O3/c1-29-13-5-8-21-19(27)16-24-9-11-25(12-10-24)20(28)18-15-26(23-22-18)14-17-6-3-2-4-7-17/h2-4,6-7,15H,5,8-14,16H2,1H3,(H,21,27). The largest absolute Gasteiger partial charge is 0.385 e. The van der Waals surface area contributed by atoms with Crippen LogP contribution in [0.25, 0.3) is 0 Å². The van der Waals surface area contributed by atoms with Crippen molar-refractivity contribution < 1.29 is 14.3 Å². The van der Waals surface area contributed by atoms with E-state index in [0.29, 0.717) is 58.1 Å². The molecule has 0 aliphatic carbocycles. The molecule has 1 aromatic heterocycles. The van der Waals surface area contributed by atoms with Gasteiger partial charge in [-0.1, -0.05) is 35.5 Å². The number of rotatable bonds is 9. The third-order valence-corrected chi connectivity index (χ3v) is 4.82. The normalized spacial score (nSPS) is 14.7. The Bertz CT molecular complexity index is 787. The fourth-order valence-electron chi connectivity index (χ4n) is 3.22. The van der Waals surface area contributed by atoms with Crippen LogP contribution in [0.2, 0.25) is 0 Å². The van der Waals surface area contributed by atoms with Crippen LogP contribution >= 0.6 is 0 Å². The van der Waals surface area contributed by atoms with Crippen LogP contribution in [-0.2, 0) is 16.1 Å². The van der Waals surface area contributed by atoms with E-state index in [4.69, 9.17) is 4.74 Å². The second-order valence-electron chi connectivity index (χ2n) is 7.05. The molecule has 1 aliphatic rings. The van der Waals surface area contributed by atoms with E-state index < -0.39 is 0 Å². The second-order valence-corrected chi connectivity index (χ2v) is 7.05. The van der Waals surface area contributed by atoms with Crippen LogP contribution in [0.1, 0.15) is 22.5 Å². The van der Waals surface area contributed by atoms with Gasteiger partial charge in [-0.15, -0.1) is 5.10 Å². The quantitative estimate of drug-likeness (QED) is 0.606. The highest BCUT2D eigenvalue weighted by Gasteiger charge is 2.25. The van der Waals surface area contributed by atoms with E-state index in [2.05, 4.69) is 20.5 Å². The first-order valence-corrected chi connectivity index (χ1v) is 9.87. The summed E-state index contributed by atoms with van der Waals surface area (Å²) in [5.74, 6) is -0.113. The molecule has 0 radical (unpaired) electrons. The maximum atomic E-state index is 12.7. The van der Waals surface area contributed by atoms with Crippen molar-refractivity contribution in [3.63, 3.8) is 0 Å². The fraction of sp³-hybridized carbons (Fsp3) is 0.500. The smallest absolute Gasteiger partial charge is 0.276 e. The number of amides is 2. The highest BCUT2D eigenvalue weighted by molar-refractivity contribution is 5.92. The maximum absolute atomic E-state index is 12.7. The minimum Gasteiger partial charge on any atom is -0.385 e. The van der Waals surface area contributed by atoms with E-state index in [1.54, 1.807) is 22.9 Å². The van der Waals surface area contributed by atoms with Crippen molar-refractivity contribution in [1.29, 1.82) is 0 Å². The highest BCUT2D eigenvalue weighted by atomic mass is 16.5. The number of hydrogen-bond acceptors (Lipinski definition) is 6. The molecule has 29 heavy (non-hydrogen) atoms. The molecule has 1 aromatic carbocycles. The van der Waals surface area contributed by atoms with E-state index in [-0.39, 0.29) is 11.8 Å². The lowest BCUT2D eigenvalue weighted by molar-refractivity contribution is -0.122. The molecule has 2 amide bonds. The van der Waals surface area contributed by atoms with E-state index in [9.17, 15) is 9.59 Å². The molecule has 0 spiro atoms. The summed E-state index contributed by atoms with van der Waals surface area (Å²) in [5.41, 5.74) is 1.45. The number of hydrogen-bond donors (Lipinski definition) is 1. The van der Waals surface area contributed by atoms with E-state index >= 15 is 0 Å². The van der Waals surface area contributed by atoms with Gasteiger partial charge < -0.3 is 15.0 Å². The molecule has 2 aromatic rings. The zero-order valence-electron chi connectivity index (χ0n) is 16.8. The molecule has 1 saturated heterocycles. The van der Waals surface area contributed by atoms with Gasteiger partial charge in [0.05, 0.1) is 19.3 Å². The summed E-state index contributed by atoms with van der Waals surface area (Å²) in [6, 6.07) is 9.92. The molecule has 1 aliphatic heterocycles. The van der Waals surface area contributed by atoms with Gasteiger partial charge in [0.15, 0.2) is 5.69 Å². The molecule has 3 rings (SSSR count). The highest BCUT2D eigenvalue weighted by Crippen LogP contribution is 2.08. The summed E-state index contributed by atoms with van der Waals surface area (Å²) in [7, 11) is 1.65. The van der Waals surface area contributed by atoms with Gasteiger partial charge in [0.1, 0.15) is 0 Å². The maximum Gasteiger partial charge on any atom is 0.276 e. The molecule has 9 nitrogen and oxygen atoms in total. The minimum absolute atomic E-state index is 0.00438. The summed E-state index contributed by atoms with van der Waals surface area (Å²) in [6.45, 7) is 4.64. The van der Waals surface area contributed by atoms with Gasteiger partial charge >= 0.3 is 0 Å². The van der Waals surface area contributed by atoms with Gasteiger partial charge in [0.25, 0.3) is 5.91 Å². The number of benzene rings is 1. The number of nitrogens with zero attached hydrogens (tertiary/aromatic N) is 5. The Kier molecular flexibility index (Phi) is 7.71. The van der Waals surface area contributed by atoms with E-state index in [1.807, 2.05) is 30.3 Å². The third kappa shape index (κ3) is 6.37. The predicted molar refractivity (Wildman–Crippen MR) is 107 cm³/mol. The number of methoxy groups -OCH3 is 1. The van der Waals surface area contributed by atoms with Gasteiger partial charge in [-0.3, -0.25) is 14.5 Å². The average Bonchev–Trinajstić information content (AvgIpc) is 3.20. The molecular formula is C20H28N6O3. The second kappa shape index (κ2) is 10.7. The molecule has 1 N–H and O–H groups in total. The first-order valence-electron chi connectivity index (χ1n) is 9.87. The van der Waals surface area contributed by atoms with Gasteiger partial charge in [-0.05, 0) is 12.0 Å². The van der Waals surface area contributed by atoms with Gasteiger partial charge in [-0.25, -0.2) is 4.68 Å². The van der Waals surface area contributed by atoms with Crippen molar-refractivity contribution in [1.82, 2.24) is 30.1 Å². The molecular weight excluding hydrogens is 372 g/mol. The zero-order valence-corrected chi connectivity index (χ0v) is 16.8. The summed E-state index contributed by atoms with van der Waals surface area (Å²) in [5, 5.41) is 11.0. The predicted octanol–water partition coefficient (Wildman–Crippen LogP) is 0.237. The molecule has 0 unspecified atom stereocenters.